The number of carbonyl (C=O) groups excluding carboxylic acids is 1. The van der Waals surface area contributed by atoms with Crippen molar-refractivity contribution >= 4 is 22.6 Å². The van der Waals surface area contributed by atoms with Crippen molar-refractivity contribution in [2.75, 3.05) is 5.32 Å². The van der Waals surface area contributed by atoms with E-state index < -0.39 is 29.2 Å². The van der Waals surface area contributed by atoms with Gasteiger partial charge in [-0.25, -0.2) is 23.4 Å². The molecule has 0 aliphatic carbocycles. The van der Waals surface area contributed by atoms with Crippen molar-refractivity contribution in [3.8, 4) is 11.4 Å². The molecular formula is C25H15F5N6O2. The summed E-state index contributed by atoms with van der Waals surface area (Å²) < 4.78 is 71.9. The topological polar surface area (TPSA) is 107 Å². The van der Waals surface area contributed by atoms with E-state index in [1.165, 1.54) is 12.1 Å². The van der Waals surface area contributed by atoms with Crippen LogP contribution in [0.1, 0.15) is 27.2 Å². The van der Waals surface area contributed by atoms with Gasteiger partial charge in [0.1, 0.15) is 34.2 Å². The number of carbonyl (C=O) groups is 1. The minimum absolute atomic E-state index is 0.0285. The Kier molecular flexibility index (Phi) is 6.49. The number of anilines is 1. The first-order chi connectivity index (χ1) is 18.2. The smallest absolute Gasteiger partial charge is 0.366 e. The molecule has 13 heteroatoms. The maximum absolute atomic E-state index is 14.1. The summed E-state index contributed by atoms with van der Waals surface area (Å²) in [7, 11) is 0. The average Bonchev–Trinajstić information content (AvgIpc) is 3.38. The predicted molar refractivity (Wildman–Crippen MR) is 124 cm³/mol. The van der Waals surface area contributed by atoms with E-state index in [1.54, 1.807) is 18.2 Å². The van der Waals surface area contributed by atoms with Gasteiger partial charge in [0.2, 0.25) is 0 Å². The van der Waals surface area contributed by atoms with Crippen LogP contribution in [-0.2, 0) is 19.1 Å². The zero-order chi connectivity index (χ0) is 26.9. The molecule has 0 atom stereocenters. The molecule has 5 rings (SSSR count). The van der Waals surface area contributed by atoms with Crippen LogP contribution in [0.2, 0.25) is 0 Å². The van der Waals surface area contributed by atoms with Crippen molar-refractivity contribution < 1.29 is 31.4 Å². The highest BCUT2D eigenvalue weighted by atomic mass is 19.4. The van der Waals surface area contributed by atoms with Crippen LogP contribution in [0.15, 0.2) is 65.6 Å². The van der Waals surface area contributed by atoms with E-state index in [0.717, 1.165) is 18.3 Å². The predicted octanol–water partition coefficient (Wildman–Crippen LogP) is 5.41. The van der Waals surface area contributed by atoms with Gasteiger partial charge in [-0.2, -0.15) is 13.2 Å². The molecule has 0 fully saturated rings. The first kappa shape index (κ1) is 24.9. The molecular weight excluding hydrogens is 511 g/mol. The van der Waals surface area contributed by atoms with Crippen LogP contribution in [0.3, 0.4) is 0 Å². The van der Waals surface area contributed by atoms with Crippen LogP contribution < -0.4 is 5.32 Å². The van der Waals surface area contributed by atoms with Gasteiger partial charge in [-0.1, -0.05) is 18.2 Å². The number of ketones is 1. The lowest BCUT2D eigenvalue weighted by Crippen LogP contribution is -2.12. The Balaban J connectivity index is 1.51. The molecule has 2 aromatic carbocycles. The van der Waals surface area contributed by atoms with Crippen LogP contribution in [0.25, 0.3) is 22.4 Å². The van der Waals surface area contributed by atoms with Gasteiger partial charge in [0, 0.05) is 48.6 Å². The van der Waals surface area contributed by atoms with Gasteiger partial charge in [-0.15, -0.1) is 0 Å². The number of aromatic nitrogens is 5. The normalized spacial score (nSPS) is 11.6. The highest BCUT2D eigenvalue weighted by molar-refractivity contribution is 5.98. The van der Waals surface area contributed by atoms with Gasteiger partial charge < -0.3 is 5.32 Å². The molecule has 8 nitrogen and oxygen atoms in total. The van der Waals surface area contributed by atoms with Gasteiger partial charge in [0.25, 0.3) is 0 Å². The first-order valence-electron chi connectivity index (χ1n) is 11.0. The zero-order valence-corrected chi connectivity index (χ0v) is 19.1. The standard InChI is InChI=1S/C25H15F5N6O2/c26-17-5-4-14(18(27)8-17)11-32-22-9-20(21(37)7-13-2-1-3-19-23(13)36-38-35-19)33-24(34-22)15-6-16(12-31-10-15)25(28,29)30/h1-6,8-10,12H,7,11H2,(H,32,33,34). The van der Waals surface area contributed by atoms with Gasteiger partial charge >= 0.3 is 6.18 Å². The van der Waals surface area contributed by atoms with Gasteiger partial charge in [-0.3, -0.25) is 9.78 Å². The van der Waals surface area contributed by atoms with Crippen LogP contribution in [0.5, 0.6) is 0 Å². The summed E-state index contributed by atoms with van der Waals surface area (Å²) in [6.45, 7) is -0.152. The molecule has 0 unspecified atom stereocenters. The molecule has 3 heterocycles. The Labute approximate surface area is 210 Å². The molecule has 0 amide bonds. The SMILES string of the molecule is O=C(Cc1cccc2nonc12)c1cc(NCc2ccc(F)cc2F)nc(-c2cncc(C(F)(F)F)c2)n1. The summed E-state index contributed by atoms with van der Waals surface area (Å²) in [6.07, 6.45) is -3.05. The number of Topliss-reactive ketones (excluding diaryl/α,β-unsaturated/α-hetero) is 1. The zero-order valence-electron chi connectivity index (χ0n) is 19.1. The monoisotopic (exact) mass is 526 g/mol. The Bertz CT molecular complexity index is 1650. The number of fused-ring (bicyclic) bond motifs is 1. The van der Waals surface area contributed by atoms with E-state index in [0.29, 0.717) is 28.9 Å². The average molecular weight is 526 g/mol. The maximum atomic E-state index is 14.1. The second-order valence-electron chi connectivity index (χ2n) is 8.16. The van der Waals surface area contributed by atoms with Crippen LogP contribution in [0, 0.1) is 11.6 Å². The Morgan fingerprint density at radius 1 is 0.947 bits per heavy atom. The summed E-state index contributed by atoms with van der Waals surface area (Å²) in [5.41, 5.74) is 0.183. The number of rotatable bonds is 7. The molecule has 0 radical (unpaired) electrons. The van der Waals surface area contributed by atoms with E-state index in [9.17, 15) is 26.7 Å². The number of hydrogen-bond donors (Lipinski definition) is 1. The lowest BCUT2D eigenvalue weighted by atomic mass is 10.0. The Morgan fingerprint density at radius 2 is 1.79 bits per heavy atom. The Morgan fingerprint density at radius 3 is 2.58 bits per heavy atom. The second-order valence-corrected chi connectivity index (χ2v) is 8.16. The summed E-state index contributed by atoms with van der Waals surface area (Å²) >= 11 is 0. The van der Waals surface area contributed by atoms with Crippen LogP contribution in [-0.4, -0.2) is 31.0 Å². The molecule has 0 saturated heterocycles. The molecule has 38 heavy (non-hydrogen) atoms. The van der Waals surface area contributed by atoms with E-state index in [2.05, 4.69) is 30.6 Å². The molecule has 5 aromatic rings. The lowest BCUT2D eigenvalue weighted by Gasteiger charge is -2.12. The second kappa shape index (κ2) is 9.92. The largest absolute Gasteiger partial charge is 0.417 e. The number of nitrogens with zero attached hydrogens (tertiary/aromatic N) is 5. The van der Waals surface area contributed by atoms with Crippen molar-refractivity contribution in [3.63, 3.8) is 0 Å². The number of nitrogens with one attached hydrogen (secondary N) is 1. The molecule has 0 bridgehead atoms. The molecule has 3 aromatic heterocycles. The Hall–Kier alpha value is -4.81. The highest BCUT2D eigenvalue weighted by Crippen LogP contribution is 2.31. The molecule has 0 saturated carbocycles. The summed E-state index contributed by atoms with van der Waals surface area (Å²) in [5, 5.41) is 10.3. The minimum Gasteiger partial charge on any atom is -0.366 e. The fourth-order valence-corrected chi connectivity index (χ4v) is 3.65. The number of hydrogen-bond acceptors (Lipinski definition) is 8. The van der Waals surface area contributed by atoms with Crippen molar-refractivity contribution in [3.05, 3.63) is 94.9 Å². The third-order valence-electron chi connectivity index (χ3n) is 5.53. The number of benzene rings is 2. The van der Waals surface area contributed by atoms with E-state index >= 15 is 0 Å². The molecule has 192 valence electrons. The molecule has 0 aliphatic rings. The van der Waals surface area contributed by atoms with E-state index in [4.69, 9.17) is 4.63 Å². The van der Waals surface area contributed by atoms with Crippen molar-refractivity contribution in [2.45, 2.75) is 19.1 Å². The van der Waals surface area contributed by atoms with Crippen molar-refractivity contribution in [2.24, 2.45) is 0 Å². The highest BCUT2D eigenvalue weighted by Gasteiger charge is 2.31. The van der Waals surface area contributed by atoms with Gasteiger partial charge in [0.05, 0.1) is 5.56 Å². The lowest BCUT2D eigenvalue weighted by molar-refractivity contribution is -0.137. The maximum Gasteiger partial charge on any atom is 0.417 e. The fraction of sp³-hybridized carbons (Fsp3) is 0.120. The number of alkyl halides is 3. The molecule has 0 spiro atoms. The summed E-state index contributed by atoms with van der Waals surface area (Å²) in [5.74, 6) is -2.24. The third kappa shape index (κ3) is 5.31. The molecule has 1 N–H and O–H groups in total. The van der Waals surface area contributed by atoms with Crippen LogP contribution in [0.4, 0.5) is 27.8 Å². The van der Waals surface area contributed by atoms with Crippen molar-refractivity contribution in [1.82, 2.24) is 25.3 Å². The number of halogens is 5. The third-order valence-corrected chi connectivity index (χ3v) is 5.53. The van der Waals surface area contributed by atoms with Crippen molar-refractivity contribution in [1.29, 1.82) is 0 Å². The van der Waals surface area contributed by atoms with E-state index in [1.807, 2.05) is 0 Å². The van der Waals surface area contributed by atoms with Gasteiger partial charge in [-0.05, 0) is 34.1 Å². The quantitative estimate of drug-likeness (QED) is 0.222. The van der Waals surface area contributed by atoms with E-state index in [-0.39, 0.29) is 41.4 Å². The number of pyridine rings is 1. The van der Waals surface area contributed by atoms with Gasteiger partial charge in [0.15, 0.2) is 11.6 Å². The van der Waals surface area contributed by atoms with Crippen LogP contribution >= 0.6 is 0 Å². The first-order valence-corrected chi connectivity index (χ1v) is 11.0. The summed E-state index contributed by atoms with van der Waals surface area (Å²) in [6, 6.07) is 10.1. The fourth-order valence-electron chi connectivity index (χ4n) is 3.65. The minimum atomic E-state index is -4.66. The summed E-state index contributed by atoms with van der Waals surface area (Å²) in [4.78, 5) is 25.2. The molecule has 0 aliphatic heterocycles.